The van der Waals surface area contributed by atoms with Crippen molar-refractivity contribution in [3.63, 3.8) is 0 Å². The van der Waals surface area contributed by atoms with Gasteiger partial charge in [0.25, 0.3) is 5.91 Å². The number of amides is 1. The second-order valence-corrected chi connectivity index (χ2v) is 4.10. The van der Waals surface area contributed by atoms with Crippen molar-refractivity contribution in [3.8, 4) is 17.4 Å². The molecule has 0 fully saturated rings. The van der Waals surface area contributed by atoms with Crippen LogP contribution in [-0.4, -0.2) is 5.91 Å². The van der Waals surface area contributed by atoms with Gasteiger partial charge in [0.05, 0.1) is 0 Å². The summed E-state index contributed by atoms with van der Waals surface area (Å²) < 4.78 is 5.56. The fourth-order valence-corrected chi connectivity index (χ4v) is 1.60. The Morgan fingerprint density at radius 1 is 1.26 bits per heavy atom. The molecule has 4 heteroatoms. The Hall–Kier alpha value is -2.80. The number of hydrogen-bond donors (Lipinski definition) is 1. The van der Waals surface area contributed by atoms with Gasteiger partial charge in [-0.1, -0.05) is 29.8 Å². The lowest BCUT2D eigenvalue weighted by Crippen LogP contribution is -2.12. The number of benzene rings is 1. The lowest BCUT2D eigenvalue weighted by Gasteiger charge is -1.97. The van der Waals surface area contributed by atoms with Crippen LogP contribution >= 0.6 is 0 Å². The summed E-state index contributed by atoms with van der Waals surface area (Å²) in [5, 5.41) is 8.75. The number of nitrogens with zero attached hydrogens (tertiary/aromatic N) is 1. The summed E-state index contributed by atoms with van der Waals surface area (Å²) in [4.78, 5) is 10.9. The Bertz CT molecular complexity index is 673. The van der Waals surface area contributed by atoms with Gasteiger partial charge in [-0.05, 0) is 19.1 Å². The molecule has 1 aromatic carbocycles. The molecule has 0 saturated carbocycles. The summed E-state index contributed by atoms with van der Waals surface area (Å²) in [5.74, 6) is 0.328. The minimum Gasteiger partial charge on any atom is -0.457 e. The zero-order valence-corrected chi connectivity index (χ0v) is 10.4. The Balaban J connectivity index is 2.32. The van der Waals surface area contributed by atoms with Gasteiger partial charge in [-0.15, -0.1) is 0 Å². The molecule has 0 atom stereocenters. The molecule has 0 radical (unpaired) electrons. The molecule has 0 saturated heterocycles. The van der Waals surface area contributed by atoms with Crippen LogP contribution in [0.5, 0.6) is 0 Å². The molecule has 19 heavy (non-hydrogen) atoms. The molecule has 2 rings (SSSR count). The second-order valence-electron chi connectivity index (χ2n) is 4.10. The molecule has 0 aliphatic carbocycles. The Labute approximate surface area is 110 Å². The number of carbonyl (C=O) groups excluding carboxylic acids is 1. The zero-order valence-electron chi connectivity index (χ0n) is 10.4. The molecular formula is C15H12N2O2. The average molecular weight is 252 g/mol. The van der Waals surface area contributed by atoms with Crippen LogP contribution in [0.3, 0.4) is 0 Å². The van der Waals surface area contributed by atoms with E-state index in [0.29, 0.717) is 11.5 Å². The fourth-order valence-electron chi connectivity index (χ4n) is 1.60. The number of nitriles is 1. The summed E-state index contributed by atoms with van der Waals surface area (Å²) in [6.07, 6.45) is 1.33. The minimum absolute atomic E-state index is 0.134. The van der Waals surface area contributed by atoms with E-state index in [-0.39, 0.29) is 5.57 Å². The van der Waals surface area contributed by atoms with E-state index in [1.54, 1.807) is 18.2 Å². The maximum Gasteiger partial charge on any atom is 0.259 e. The van der Waals surface area contributed by atoms with Crippen molar-refractivity contribution < 1.29 is 9.21 Å². The number of furan rings is 1. The first-order valence-electron chi connectivity index (χ1n) is 5.68. The first kappa shape index (κ1) is 12.7. The van der Waals surface area contributed by atoms with E-state index in [1.807, 2.05) is 31.2 Å². The van der Waals surface area contributed by atoms with Gasteiger partial charge in [0, 0.05) is 11.6 Å². The molecule has 0 spiro atoms. The van der Waals surface area contributed by atoms with Crippen LogP contribution < -0.4 is 5.73 Å². The van der Waals surface area contributed by atoms with Gasteiger partial charge in [-0.3, -0.25) is 4.79 Å². The summed E-state index contributed by atoms with van der Waals surface area (Å²) in [6, 6.07) is 13.1. The van der Waals surface area contributed by atoms with Crippen molar-refractivity contribution in [1.82, 2.24) is 0 Å². The van der Waals surface area contributed by atoms with Crippen LogP contribution in [0.15, 0.2) is 46.4 Å². The van der Waals surface area contributed by atoms with Crippen LogP contribution in [0.4, 0.5) is 0 Å². The normalized spacial score (nSPS) is 11.1. The topological polar surface area (TPSA) is 80.0 Å². The molecule has 0 aliphatic heterocycles. The lowest BCUT2D eigenvalue weighted by atomic mass is 10.1. The van der Waals surface area contributed by atoms with Gasteiger partial charge in [-0.25, -0.2) is 0 Å². The van der Waals surface area contributed by atoms with Crippen LogP contribution in [-0.2, 0) is 4.79 Å². The highest BCUT2D eigenvalue weighted by molar-refractivity contribution is 6.00. The van der Waals surface area contributed by atoms with Gasteiger partial charge in [0.2, 0.25) is 0 Å². The molecule has 1 heterocycles. The zero-order chi connectivity index (χ0) is 13.8. The monoisotopic (exact) mass is 252 g/mol. The van der Waals surface area contributed by atoms with Gasteiger partial charge in [0.1, 0.15) is 23.2 Å². The number of aryl methyl sites for hydroxylation is 1. The summed E-state index contributed by atoms with van der Waals surface area (Å²) in [7, 11) is 0. The van der Waals surface area contributed by atoms with Crippen LogP contribution in [0.1, 0.15) is 11.3 Å². The number of rotatable bonds is 3. The van der Waals surface area contributed by atoms with Crippen molar-refractivity contribution in [2.24, 2.45) is 5.73 Å². The molecule has 0 bridgehead atoms. The third-order valence-electron chi connectivity index (χ3n) is 2.64. The van der Waals surface area contributed by atoms with E-state index in [9.17, 15) is 4.79 Å². The van der Waals surface area contributed by atoms with Crippen LogP contribution in [0.2, 0.25) is 0 Å². The molecule has 94 valence electrons. The summed E-state index contributed by atoms with van der Waals surface area (Å²) in [6.45, 7) is 2.01. The highest BCUT2D eigenvalue weighted by atomic mass is 16.3. The SMILES string of the molecule is Cc1ccc(-c2ccc(/C=C(/C#N)C(N)=O)o2)cc1. The number of hydrogen-bond acceptors (Lipinski definition) is 3. The summed E-state index contributed by atoms with van der Waals surface area (Å²) >= 11 is 0. The standard InChI is InChI=1S/C15H12N2O2/c1-10-2-4-11(5-3-10)14-7-6-13(19-14)8-12(9-16)15(17)18/h2-8H,1H3,(H2,17,18)/b12-8-. The molecule has 0 unspecified atom stereocenters. The number of primary amides is 1. The highest BCUT2D eigenvalue weighted by Gasteiger charge is 2.07. The van der Waals surface area contributed by atoms with Crippen molar-refractivity contribution >= 4 is 12.0 Å². The van der Waals surface area contributed by atoms with Gasteiger partial charge in [-0.2, -0.15) is 5.26 Å². The lowest BCUT2D eigenvalue weighted by molar-refractivity contribution is -0.114. The third-order valence-corrected chi connectivity index (χ3v) is 2.64. The molecule has 2 aromatic rings. The first-order valence-corrected chi connectivity index (χ1v) is 5.68. The maximum atomic E-state index is 10.9. The van der Waals surface area contributed by atoms with Crippen LogP contribution in [0.25, 0.3) is 17.4 Å². The molecule has 4 nitrogen and oxygen atoms in total. The third kappa shape index (κ3) is 2.90. The predicted molar refractivity (Wildman–Crippen MR) is 71.7 cm³/mol. The van der Waals surface area contributed by atoms with E-state index >= 15 is 0 Å². The largest absolute Gasteiger partial charge is 0.457 e. The van der Waals surface area contributed by atoms with Crippen LogP contribution in [0, 0.1) is 18.3 Å². The highest BCUT2D eigenvalue weighted by Crippen LogP contribution is 2.23. The van der Waals surface area contributed by atoms with Crippen molar-refractivity contribution in [3.05, 3.63) is 53.3 Å². The van der Waals surface area contributed by atoms with Gasteiger partial charge < -0.3 is 10.2 Å². The Morgan fingerprint density at radius 2 is 1.95 bits per heavy atom. The maximum absolute atomic E-state index is 10.9. The van der Waals surface area contributed by atoms with Gasteiger partial charge in [0.15, 0.2) is 0 Å². The molecule has 2 N–H and O–H groups in total. The quantitative estimate of drug-likeness (QED) is 0.673. The minimum atomic E-state index is -0.768. The Morgan fingerprint density at radius 3 is 2.53 bits per heavy atom. The molecular weight excluding hydrogens is 240 g/mol. The van der Waals surface area contributed by atoms with Crippen molar-refractivity contribution in [2.45, 2.75) is 6.92 Å². The average Bonchev–Trinajstić information content (AvgIpc) is 2.85. The van der Waals surface area contributed by atoms with E-state index in [1.165, 1.54) is 6.08 Å². The van der Waals surface area contributed by atoms with Crippen molar-refractivity contribution in [1.29, 1.82) is 5.26 Å². The van der Waals surface area contributed by atoms with E-state index in [2.05, 4.69) is 0 Å². The van der Waals surface area contributed by atoms with Crippen molar-refractivity contribution in [2.75, 3.05) is 0 Å². The van der Waals surface area contributed by atoms with E-state index in [0.717, 1.165) is 11.1 Å². The first-order chi connectivity index (χ1) is 9.10. The number of nitrogens with two attached hydrogens (primary N) is 1. The van der Waals surface area contributed by atoms with E-state index < -0.39 is 5.91 Å². The van der Waals surface area contributed by atoms with E-state index in [4.69, 9.17) is 15.4 Å². The smallest absolute Gasteiger partial charge is 0.259 e. The second kappa shape index (κ2) is 5.23. The number of carbonyl (C=O) groups is 1. The summed E-state index contributed by atoms with van der Waals surface area (Å²) in [5.41, 5.74) is 7.02. The molecule has 1 amide bonds. The Kier molecular flexibility index (Phi) is 3.48. The fraction of sp³-hybridized carbons (Fsp3) is 0.0667. The predicted octanol–water partition coefficient (Wildman–Crippen LogP) is 2.65. The van der Waals surface area contributed by atoms with Gasteiger partial charge >= 0.3 is 0 Å². The molecule has 1 aromatic heterocycles. The molecule has 0 aliphatic rings.